The van der Waals surface area contributed by atoms with Crippen molar-refractivity contribution < 1.29 is 13.2 Å². The van der Waals surface area contributed by atoms with Gasteiger partial charge in [-0.2, -0.15) is 0 Å². The van der Waals surface area contributed by atoms with Gasteiger partial charge in [-0.1, -0.05) is 17.7 Å². The molecule has 0 spiro atoms. The van der Waals surface area contributed by atoms with Crippen LogP contribution in [0.2, 0.25) is 0 Å². The predicted octanol–water partition coefficient (Wildman–Crippen LogP) is 2.16. The fourth-order valence-electron chi connectivity index (χ4n) is 2.87. The molecular formula is C16H24N2O3S. The molecule has 1 aliphatic rings. The minimum absolute atomic E-state index is 0.120. The first-order chi connectivity index (χ1) is 10.3. The SMILES string of the molecule is Cc1ccc(N([C@@H](C)C(=O)N2CCCCC2)S(C)(=O)=O)cc1. The maximum atomic E-state index is 12.6. The molecule has 0 unspecified atom stereocenters. The number of aryl methyl sites for hydroxylation is 1. The molecule has 1 aliphatic heterocycles. The highest BCUT2D eigenvalue weighted by molar-refractivity contribution is 7.92. The number of benzene rings is 1. The van der Waals surface area contributed by atoms with E-state index in [1.807, 2.05) is 19.1 Å². The van der Waals surface area contributed by atoms with E-state index in [1.54, 1.807) is 24.0 Å². The molecule has 2 rings (SSSR count). The molecule has 1 saturated heterocycles. The zero-order valence-electron chi connectivity index (χ0n) is 13.4. The van der Waals surface area contributed by atoms with Gasteiger partial charge in [-0.3, -0.25) is 9.10 Å². The Bertz CT molecular complexity index is 619. The van der Waals surface area contributed by atoms with Gasteiger partial charge in [0.1, 0.15) is 6.04 Å². The molecule has 1 fully saturated rings. The van der Waals surface area contributed by atoms with E-state index in [4.69, 9.17) is 0 Å². The smallest absolute Gasteiger partial charge is 0.246 e. The molecule has 5 nitrogen and oxygen atoms in total. The Morgan fingerprint density at radius 1 is 1.14 bits per heavy atom. The third kappa shape index (κ3) is 3.80. The quantitative estimate of drug-likeness (QED) is 0.853. The molecule has 6 heteroatoms. The zero-order chi connectivity index (χ0) is 16.3. The molecule has 1 amide bonds. The predicted molar refractivity (Wildman–Crippen MR) is 88.4 cm³/mol. The first kappa shape index (κ1) is 16.8. The standard InChI is InChI=1S/C16H24N2O3S/c1-13-7-9-15(10-8-13)18(22(3,20)21)14(2)16(19)17-11-5-4-6-12-17/h7-10,14H,4-6,11-12H2,1-3H3/t14-/m0/s1. The van der Waals surface area contributed by atoms with Crippen LogP contribution in [0.5, 0.6) is 0 Å². The molecule has 0 bridgehead atoms. The van der Waals surface area contributed by atoms with Crippen LogP contribution in [0.1, 0.15) is 31.7 Å². The lowest BCUT2D eigenvalue weighted by Gasteiger charge is -2.34. The third-order valence-electron chi connectivity index (χ3n) is 4.02. The summed E-state index contributed by atoms with van der Waals surface area (Å²) in [7, 11) is -3.53. The summed E-state index contributed by atoms with van der Waals surface area (Å²) in [5.41, 5.74) is 1.58. The van der Waals surface area contributed by atoms with Crippen molar-refractivity contribution in [3.05, 3.63) is 29.8 Å². The minimum atomic E-state index is -3.53. The highest BCUT2D eigenvalue weighted by Gasteiger charge is 2.32. The summed E-state index contributed by atoms with van der Waals surface area (Å²) < 4.78 is 25.6. The first-order valence-electron chi connectivity index (χ1n) is 7.65. The van der Waals surface area contributed by atoms with Gasteiger partial charge in [-0.25, -0.2) is 8.42 Å². The van der Waals surface area contributed by atoms with E-state index in [0.29, 0.717) is 18.8 Å². The van der Waals surface area contributed by atoms with Crippen molar-refractivity contribution in [1.29, 1.82) is 0 Å². The molecule has 1 aromatic rings. The van der Waals surface area contributed by atoms with Crippen LogP contribution in [0.15, 0.2) is 24.3 Å². The lowest BCUT2D eigenvalue weighted by atomic mass is 10.1. The maximum Gasteiger partial charge on any atom is 0.246 e. The van der Waals surface area contributed by atoms with Gasteiger partial charge >= 0.3 is 0 Å². The van der Waals surface area contributed by atoms with Gasteiger partial charge in [0.15, 0.2) is 0 Å². The van der Waals surface area contributed by atoms with Crippen LogP contribution in [0.25, 0.3) is 0 Å². The molecule has 122 valence electrons. The number of rotatable bonds is 4. The van der Waals surface area contributed by atoms with Gasteiger partial charge in [0.05, 0.1) is 11.9 Å². The number of nitrogens with zero attached hydrogens (tertiary/aromatic N) is 2. The van der Waals surface area contributed by atoms with E-state index in [-0.39, 0.29) is 5.91 Å². The normalized spacial score (nSPS) is 17.1. The van der Waals surface area contributed by atoms with E-state index >= 15 is 0 Å². The maximum absolute atomic E-state index is 12.6. The Morgan fingerprint density at radius 3 is 2.18 bits per heavy atom. The summed E-state index contributed by atoms with van der Waals surface area (Å²) >= 11 is 0. The Morgan fingerprint density at radius 2 is 1.68 bits per heavy atom. The number of carbonyl (C=O) groups excluding carboxylic acids is 1. The molecule has 0 saturated carbocycles. The van der Waals surface area contributed by atoms with Crippen LogP contribution >= 0.6 is 0 Å². The number of likely N-dealkylation sites (tertiary alicyclic amines) is 1. The molecule has 0 aromatic heterocycles. The summed E-state index contributed by atoms with van der Waals surface area (Å²) in [4.78, 5) is 14.4. The van der Waals surface area contributed by atoms with Gasteiger partial charge in [-0.15, -0.1) is 0 Å². The first-order valence-corrected chi connectivity index (χ1v) is 9.50. The van der Waals surface area contributed by atoms with E-state index in [9.17, 15) is 13.2 Å². The lowest BCUT2D eigenvalue weighted by molar-refractivity contribution is -0.132. The van der Waals surface area contributed by atoms with Crippen LogP contribution < -0.4 is 4.31 Å². The number of sulfonamides is 1. The van der Waals surface area contributed by atoms with Crippen LogP contribution in [0.4, 0.5) is 5.69 Å². The van der Waals surface area contributed by atoms with Gasteiger partial charge in [-0.05, 0) is 45.2 Å². The highest BCUT2D eigenvalue weighted by atomic mass is 32.2. The number of carbonyl (C=O) groups is 1. The van der Waals surface area contributed by atoms with Crippen molar-refractivity contribution in [3.63, 3.8) is 0 Å². The third-order valence-corrected chi connectivity index (χ3v) is 5.26. The molecule has 0 aliphatic carbocycles. The summed E-state index contributed by atoms with van der Waals surface area (Å²) in [5.74, 6) is -0.120. The summed E-state index contributed by atoms with van der Waals surface area (Å²) in [6.07, 6.45) is 4.25. The van der Waals surface area contributed by atoms with E-state index in [0.717, 1.165) is 31.1 Å². The summed E-state index contributed by atoms with van der Waals surface area (Å²) in [6.45, 7) is 5.04. The zero-order valence-corrected chi connectivity index (χ0v) is 14.3. The van der Waals surface area contributed by atoms with Gasteiger partial charge in [0.2, 0.25) is 15.9 Å². The number of piperidine rings is 1. The van der Waals surface area contributed by atoms with Crippen molar-refractivity contribution in [3.8, 4) is 0 Å². The molecule has 1 heterocycles. The Labute approximate surface area is 133 Å². The summed E-state index contributed by atoms with van der Waals surface area (Å²) in [6, 6.07) is 6.47. The molecule has 1 atom stereocenters. The van der Waals surface area contributed by atoms with E-state index in [2.05, 4.69) is 0 Å². The van der Waals surface area contributed by atoms with Crippen LogP contribution in [0.3, 0.4) is 0 Å². The number of hydrogen-bond donors (Lipinski definition) is 0. The average Bonchev–Trinajstić information content (AvgIpc) is 2.48. The second-order valence-corrected chi connectivity index (χ2v) is 7.82. The number of amides is 1. The Kier molecular flexibility index (Phi) is 5.11. The number of hydrogen-bond acceptors (Lipinski definition) is 3. The molecular weight excluding hydrogens is 300 g/mol. The molecule has 0 N–H and O–H groups in total. The second-order valence-electron chi connectivity index (χ2n) is 5.96. The van der Waals surface area contributed by atoms with E-state index in [1.165, 1.54) is 4.31 Å². The Balaban J connectivity index is 2.29. The van der Waals surface area contributed by atoms with Crippen LogP contribution in [-0.4, -0.2) is 44.6 Å². The second kappa shape index (κ2) is 6.69. The fourth-order valence-corrected chi connectivity index (χ4v) is 4.04. The molecule has 0 radical (unpaired) electrons. The van der Waals surface area contributed by atoms with Gasteiger partial charge in [0.25, 0.3) is 0 Å². The highest BCUT2D eigenvalue weighted by Crippen LogP contribution is 2.23. The van der Waals surface area contributed by atoms with Gasteiger partial charge in [0, 0.05) is 13.1 Å². The topological polar surface area (TPSA) is 57.7 Å². The van der Waals surface area contributed by atoms with Crippen molar-refractivity contribution in [1.82, 2.24) is 4.90 Å². The fraction of sp³-hybridized carbons (Fsp3) is 0.562. The van der Waals surface area contributed by atoms with Crippen LogP contribution in [0, 0.1) is 6.92 Å². The van der Waals surface area contributed by atoms with E-state index < -0.39 is 16.1 Å². The number of anilines is 1. The van der Waals surface area contributed by atoms with Crippen molar-refractivity contribution in [2.75, 3.05) is 23.7 Å². The monoisotopic (exact) mass is 324 g/mol. The minimum Gasteiger partial charge on any atom is -0.341 e. The molecule has 22 heavy (non-hydrogen) atoms. The average molecular weight is 324 g/mol. The Hall–Kier alpha value is -1.56. The summed E-state index contributed by atoms with van der Waals surface area (Å²) in [5, 5.41) is 0. The largest absolute Gasteiger partial charge is 0.341 e. The van der Waals surface area contributed by atoms with Crippen molar-refractivity contribution in [2.45, 2.75) is 39.2 Å². The van der Waals surface area contributed by atoms with Gasteiger partial charge < -0.3 is 4.90 Å². The lowest BCUT2D eigenvalue weighted by Crippen LogP contribution is -2.50. The molecule has 1 aromatic carbocycles. The van der Waals surface area contributed by atoms with Crippen molar-refractivity contribution in [2.24, 2.45) is 0 Å². The van der Waals surface area contributed by atoms with Crippen molar-refractivity contribution >= 4 is 21.6 Å². The van der Waals surface area contributed by atoms with Crippen LogP contribution in [-0.2, 0) is 14.8 Å².